The molecule has 0 bridgehead atoms. The van der Waals surface area contributed by atoms with Crippen molar-refractivity contribution in [3.8, 4) is 0 Å². The molecule has 0 unspecified atom stereocenters. The maximum atomic E-state index is 13.0. The summed E-state index contributed by atoms with van der Waals surface area (Å²) < 4.78 is 40.6. The molecule has 124 valence electrons. The Hall–Kier alpha value is -2.51. The molecule has 8 heteroatoms. The van der Waals surface area contributed by atoms with Crippen molar-refractivity contribution in [3.63, 3.8) is 0 Å². The Balaban J connectivity index is 1.70. The molecule has 2 amide bonds. The van der Waals surface area contributed by atoms with Gasteiger partial charge in [0.1, 0.15) is 0 Å². The van der Waals surface area contributed by atoms with Crippen molar-refractivity contribution in [1.82, 2.24) is 20.4 Å². The molecule has 0 aliphatic rings. The maximum Gasteiger partial charge on any atom is 0.314 e. The maximum absolute atomic E-state index is 13.0. The molecule has 23 heavy (non-hydrogen) atoms. The number of nitrogens with zero attached hydrogens (tertiary/aromatic N) is 2. The Labute approximate surface area is 131 Å². The fourth-order valence-electron chi connectivity index (χ4n) is 2.09. The first-order valence-electron chi connectivity index (χ1n) is 7.09. The van der Waals surface area contributed by atoms with Crippen molar-refractivity contribution < 1.29 is 18.0 Å². The standard InChI is InChI=1S/C15H17F3N4O/c1-22-11(4-7-21-22)3-6-20-15(23)19-5-2-10-8-12(16)14(18)13(17)9-10/h4,7-9H,2-3,5-6H2,1H3,(H2,19,20,23). The molecule has 0 saturated heterocycles. The summed E-state index contributed by atoms with van der Waals surface area (Å²) in [6.45, 7) is 0.618. The number of hydrogen-bond acceptors (Lipinski definition) is 2. The number of nitrogens with one attached hydrogen (secondary N) is 2. The van der Waals surface area contributed by atoms with Crippen LogP contribution in [-0.2, 0) is 19.9 Å². The van der Waals surface area contributed by atoms with Crippen molar-refractivity contribution >= 4 is 6.03 Å². The normalized spacial score (nSPS) is 10.6. The average Bonchev–Trinajstić information content (AvgIpc) is 2.90. The lowest BCUT2D eigenvalue weighted by Crippen LogP contribution is -2.37. The van der Waals surface area contributed by atoms with Crippen LogP contribution in [0.4, 0.5) is 18.0 Å². The monoisotopic (exact) mass is 326 g/mol. The van der Waals surface area contributed by atoms with E-state index >= 15 is 0 Å². The van der Waals surface area contributed by atoms with E-state index in [-0.39, 0.29) is 24.6 Å². The van der Waals surface area contributed by atoms with Crippen LogP contribution in [-0.4, -0.2) is 28.9 Å². The molecule has 0 fully saturated rings. The van der Waals surface area contributed by atoms with Crippen molar-refractivity contribution in [2.45, 2.75) is 12.8 Å². The van der Waals surface area contributed by atoms with E-state index in [0.29, 0.717) is 13.0 Å². The predicted molar refractivity (Wildman–Crippen MR) is 78.3 cm³/mol. The lowest BCUT2D eigenvalue weighted by molar-refractivity contribution is 0.241. The number of aryl methyl sites for hydroxylation is 1. The molecule has 1 heterocycles. The fraction of sp³-hybridized carbons (Fsp3) is 0.333. The second-order valence-corrected chi connectivity index (χ2v) is 5.00. The first-order chi connectivity index (χ1) is 11.0. The third-order valence-corrected chi connectivity index (χ3v) is 3.33. The zero-order valence-corrected chi connectivity index (χ0v) is 12.6. The molecular weight excluding hydrogens is 309 g/mol. The molecule has 2 aromatic rings. The Morgan fingerprint density at radius 3 is 2.30 bits per heavy atom. The quantitative estimate of drug-likeness (QED) is 0.797. The van der Waals surface area contributed by atoms with Gasteiger partial charge in [-0.3, -0.25) is 4.68 Å². The molecule has 5 nitrogen and oxygen atoms in total. The van der Waals surface area contributed by atoms with Gasteiger partial charge in [-0.05, 0) is 30.2 Å². The minimum Gasteiger partial charge on any atom is -0.338 e. The number of rotatable bonds is 6. The molecule has 2 rings (SSSR count). The lowest BCUT2D eigenvalue weighted by Gasteiger charge is -2.08. The Morgan fingerprint density at radius 1 is 1.13 bits per heavy atom. The second kappa shape index (κ2) is 7.66. The van der Waals surface area contributed by atoms with E-state index in [1.165, 1.54) is 0 Å². The van der Waals surface area contributed by atoms with Gasteiger partial charge in [0, 0.05) is 38.4 Å². The van der Waals surface area contributed by atoms with Crippen molar-refractivity contribution in [2.24, 2.45) is 7.05 Å². The van der Waals surface area contributed by atoms with Gasteiger partial charge in [-0.2, -0.15) is 5.10 Å². The second-order valence-electron chi connectivity index (χ2n) is 5.00. The van der Waals surface area contributed by atoms with Gasteiger partial charge in [0.05, 0.1) is 0 Å². The molecule has 2 N–H and O–H groups in total. The van der Waals surface area contributed by atoms with Gasteiger partial charge in [0.2, 0.25) is 0 Å². The van der Waals surface area contributed by atoms with E-state index in [2.05, 4.69) is 15.7 Å². The number of benzene rings is 1. The number of halogens is 3. The summed E-state index contributed by atoms with van der Waals surface area (Å²) in [6.07, 6.45) is 2.51. The van der Waals surface area contributed by atoms with E-state index in [4.69, 9.17) is 0 Å². The summed E-state index contributed by atoms with van der Waals surface area (Å²) in [5, 5.41) is 9.25. The minimum absolute atomic E-state index is 0.183. The van der Waals surface area contributed by atoms with Crippen LogP contribution >= 0.6 is 0 Å². The van der Waals surface area contributed by atoms with Crippen LogP contribution in [0.15, 0.2) is 24.4 Å². The molecule has 1 aromatic heterocycles. The van der Waals surface area contributed by atoms with Gasteiger partial charge in [0.15, 0.2) is 17.5 Å². The van der Waals surface area contributed by atoms with Gasteiger partial charge in [-0.1, -0.05) is 0 Å². The molecule has 0 radical (unpaired) electrons. The molecule has 1 aromatic carbocycles. The van der Waals surface area contributed by atoms with Crippen LogP contribution in [0.5, 0.6) is 0 Å². The third kappa shape index (κ3) is 4.73. The number of carbonyl (C=O) groups excluding carboxylic acids is 1. The van der Waals surface area contributed by atoms with E-state index in [1.54, 1.807) is 10.9 Å². The summed E-state index contributed by atoms with van der Waals surface area (Å²) in [7, 11) is 1.82. The summed E-state index contributed by atoms with van der Waals surface area (Å²) in [5.41, 5.74) is 1.26. The van der Waals surface area contributed by atoms with Crippen LogP contribution in [0, 0.1) is 17.5 Å². The zero-order valence-electron chi connectivity index (χ0n) is 12.6. The largest absolute Gasteiger partial charge is 0.338 e. The summed E-state index contributed by atoms with van der Waals surface area (Å²) in [6, 6.07) is 3.31. The summed E-state index contributed by atoms with van der Waals surface area (Å²) in [4.78, 5) is 11.6. The van der Waals surface area contributed by atoms with Gasteiger partial charge < -0.3 is 10.6 Å². The van der Waals surface area contributed by atoms with E-state index in [1.807, 2.05) is 13.1 Å². The highest BCUT2D eigenvalue weighted by atomic mass is 19.2. The summed E-state index contributed by atoms with van der Waals surface area (Å²) >= 11 is 0. The Bertz CT molecular complexity index is 664. The first kappa shape index (κ1) is 16.9. The van der Waals surface area contributed by atoms with Gasteiger partial charge >= 0.3 is 6.03 Å². The SMILES string of the molecule is Cn1nccc1CCNC(=O)NCCc1cc(F)c(F)c(F)c1. The molecule has 0 saturated carbocycles. The minimum atomic E-state index is -1.49. The van der Waals surface area contributed by atoms with E-state index in [9.17, 15) is 18.0 Å². The van der Waals surface area contributed by atoms with Gasteiger partial charge in [0.25, 0.3) is 0 Å². The van der Waals surface area contributed by atoms with Crippen LogP contribution in [0.2, 0.25) is 0 Å². The zero-order chi connectivity index (χ0) is 16.8. The van der Waals surface area contributed by atoms with E-state index < -0.39 is 17.5 Å². The Morgan fingerprint density at radius 2 is 1.74 bits per heavy atom. The van der Waals surface area contributed by atoms with Crippen molar-refractivity contribution in [3.05, 3.63) is 53.1 Å². The third-order valence-electron chi connectivity index (χ3n) is 3.33. The smallest absolute Gasteiger partial charge is 0.314 e. The number of amides is 2. The highest BCUT2D eigenvalue weighted by Crippen LogP contribution is 2.13. The van der Waals surface area contributed by atoms with Crippen LogP contribution in [0.3, 0.4) is 0 Å². The van der Waals surface area contributed by atoms with Crippen molar-refractivity contribution in [1.29, 1.82) is 0 Å². The molecule has 0 spiro atoms. The van der Waals surface area contributed by atoms with Crippen molar-refractivity contribution in [2.75, 3.05) is 13.1 Å². The number of urea groups is 1. The average molecular weight is 326 g/mol. The first-order valence-corrected chi connectivity index (χ1v) is 7.09. The predicted octanol–water partition coefficient (Wildman–Crippen LogP) is 1.92. The fourth-order valence-corrected chi connectivity index (χ4v) is 2.09. The van der Waals surface area contributed by atoms with Crippen LogP contribution in [0.1, 0.15) is 11.3 Å². The molecule has 0 atom stereocenters. The Kier molecular flexibility index (Phi) is 5.61. The van der Waals surface area contributed by atoms with Gasteiger partial charge in [-0.25, -0.2) is 18.0 Å². The van der Waals surface area contributed by atoms with Gasteiger partial charge in [-0.15, -0.1) is 0 Å². The number of aromatic nitrogens is 2. The molecule has 0 aliphatic carbocycles. The van der Waals surface area contributed by atoms with E-state index in [0.717, 1.165) is 17.8 Å². The summed E-state index contributed by atoms with van der Waals surface area (Å²) in [5.74, 6) is -3.96. The molecular formula is C15H17F3N4O. The highest BCUT2D eigenvalue weighted by Gasteiger charge is 2.10. The number of carbonyl (C=O) groups is 1. The lowest BCUT2D eigenvalue weighted by atomic mass is 10.1. The topological polar surface area (TPSA) is 59.0 Å². The number of hydrogen-bond donors (Lipinski definition) is 2. The highest BCUT2D eigenvalue weighted by molar-refractivity contribution is 5.73. The molecule has 0 aliphatic heterocycles. The van der Waals surface area contributed by atoms with Crippen LogP contribution in [0.25, 0.3) is 0 Å². The van der Waals surface area contributed by atoms with Crippen LogP contribution < -0.4 is 10.6 Å².